The number of nitrogens with one attached hydrogen (secondary N) is 3. The SMILES string of the molecule is CNc1nc(N2CC(c3ccc(F)cc3)C(N(C)C)C2)[nH]c(=O)c1C=N. The summed E-state index contributed by atoms with van der Waals surface area (Å²) in [6.45, 7) is 1.34. The fourth-order valence-corrected chi connectivity index (χ4v) is 3.47. The molecule has 1 aliphatic heterocycles. The molecular formula is C18H23FN6O. The Morgan fingerprint density at radius 2 is 2.04 bits per heavy atom. The molecule has 7 nitrogen and oxygen atoms in total. The van der Waals surface area contributed by atoms with Gasteiger partial charge in [0.05, 0.1) is 5.56 Å². The molecule has 0 bridgehead atoms. The maximum absolute atomic E-state index is 13.3. The lowest BCUT2D eigenvalue weighted by Gasteiger charge is -2.25. The van der Waals surface area contributed by atoms with Gasteiger partial charge in [-0.05, 0) is 31.8 Å². The van der Waals surface area contributed by atoms with Crippen molar-refractivity contribution < 1.29 is 4.39 Å². The van der Waals surface area contributed by atoms with Gasteiger partial charge in [0.15, 0.2) is 0 Å². The molecule has 1 saturated heterocycles. The molecule has 8 heteroatoms. The highest BCUT2D eigenvalue weighted by Gasteiger charge is 2.36. The molecule has 2 heterocycles. The molecule has 1 aromatic carbocycles. The quantitative estimate of drug-likeness (QED) is 0.705. The number of aromatic amines is 1. The van der Waals surface area contributed by atoms with Crippen LogP contribution in [0.4, 0.5) is 16.2 Å². The zero-order valence-electron chi connectivity index (χ0n) is 15.1. The fraction of sp³-hybridized carbons (Fsp3) is 0.389. The molecule has 0 amide bonds. The summed E-state index contributed by atoms with van der Waals surface area (Å²) in [5, 5.41) is 10.3. The summed E-state index contributed by atoms with van der Waals surface area (Å²) in [4.78, 5) is 23.6. The number of likely N-dealkylation sites (N-methyl/N-ethyl adjacent to an activating group) is 1. The predicted molar refractivity (Wildman–Crippen MR) is 101 cm³/mol. The number of anilines is 2. The van der Waals surface area contributed by atoms with Gasteiger partial charge >= 0.3 is 0 Å². The minimum absolute atomic E-state index is 0.163. The lowest BCUT2D eigenvalue weighted by molar-refractivity contribution is 0.292. The number of hydrogen-bond donors (Lipinski definition) is 3. The zero-order valence-corrected chi connectivity index (χ0v) is 15.1. The van der Waals surface area contributed by atoms with Gasteiger partial charge in [0.25, 0.3) is 5.56 Å². The summed E-state index contributed by atoms with van der Waals surface area (Å²) in [5.74, 6) is 0.764. The van der Waals surface area contributed by atoms with Crippen LogP contribution in [-0.4, -0.2) is 61.4 Å². The van der Waals surface area contributed by atoms with Crippen molar-refractivity contribution in [2.45, 2.75) is 12.0 Å². The molecule has 2 unspecified atom stereocenters. The lowest BCUT2D eigenvalue weighted by atomic mass is 9.94. The Balaban J connectivity index is 1.95. The number of rotatable bonds is 5. The van der Waals surface area contributed by atoms with Crippen molar-refractivity contribution in [3.63, 3.8) is 0 Å². The third-order valence-corrected chi connectivity index (χ3v) is 4.87. The second kappa shape index (κ2) is 7.25. The zero-order chi connectivity index (χ0) is 18.8. The van der Waals surface area contributed by atoms with Crippen molar-refractivity contribution in [2.75, 3.05) is 44.4 Å². The largest absolute Gasteiger partial charge is 0.372 e. The Hall–Kier alpha value is -2.74. The number of aromatic nitrogens is 2. The lowest BCUT2D eigenvalue weighted by Crippen LogP contribution is -2.35. The van der Waals surface area contributed by atoms with Gasteiger partial charge in [-0.15, -0.1) is 0 Å². The molecule has 0 spiro atoms. The Labute approximate surface area is 151 Å². The number of hydrogen-bond acceptors (Lipinski definition) is 6. The summed E-state index contributed by atoms with van der Waals surface area (Å²) < 4.78 is 13.3. The van der Waals surface area contributed by atoms with Gasteiger partial charge in [-0.3, -0.25) is 9.78 Å². The van der Waals surface area contributed by atoms with E-state index in [9.17, 15) is 9.18 Å². The summed E-state index contributed by atoms with van der Waals surface area (Å²) in [5.41, 5.74) is 0.913. The van der Waals surface area contributed by atoms with Crippen molar-refractivity contribution in [3.05, 3.63) is 51.6 Å². The van der Waals surface area contributed by atoms with E-state index in [2.05, 4.69) is 20.2 Å². The van der Waals surface area contributed by atoms with Crippen LogP contribution in [0, 0.1) is 11.2 Å². The first-order valence-electron chi connectivity index (χ1n) is 8.44. The normalized spacial score (nSPS) is 19.8. The van der Waals surface area contributed by atoms with Gasteiger partial charge in [-0.2, -0.15) is 4.98 Å². The Morgan fingerprint density at radius 1 is 1.35 bits per heavy atom. The van der Waals surface area contributed by atoms with Gasteiger partial charge in [0, 0.05) is 38.3 Å². The maximum Gasteiger partial charge on any atom is 0.263 e. The molecule has 0 saturated carbocycles. The predicted octanol–water partition coefficient (Wildman–Crippen LogP) is 1.48. The summed E-state index contributed by atoms with van der Waals surface area (Å²) >= 11 is 0. The highest BCUT2D eigenvalue weighted by atomic mass is 19.1. The van der Waals surface area contributed by atoms with E-state index in [1.165, 1.54) is 12.1 Å². The molecule has 2 atom stereocenters. The van der Waals surface area contributed by atoms with E-state index in [0.717, 1.165) is 11.8 Å². The third kappa shape index (κ3) is 3.32. The van der Waals surface area contributed by atoms with Gasteiger partial charge in [-0.1, -0.05) is 12.1 Å². The van der Waals surface area contributed by atoms with Crippen molar-refractivity contribution >= 4 is 18.0 Å². The first kappa shape index (κ1) is 18.1. The van der Waals surface area contributed by atoms with Crippen molar-refractivity contribution in [1.82, 2.24) is 14.9 Å². The molecule has 1 aliphatic rings. The van der Waals surface area contributed by atoms with E-state index in [1.807, 2.05) is 31.1 Å². The first-order chi connectivity index (χ1) is 12.4. The summed E-state index contributed by atoms with van der Waals surface area (Å²) in [7, 11) is 5.70. The fourth-order valence-electron chi connectivity index (χ4n) is 3.47. The van der Waals surface area contributed by atoms with E-state index < -0.39 is 0 Å². The molecule has 138 valence electrons. The van der Waals surface area contributed by atoms with E-state index in [1.54, 1.807) is 7.05 Å². The molecule has 1 fully saturated rings. The monoisotopic (exact) mass is 358 g/mol. The van der Waals surface area contributed by atoms with E-state index >= 15 is 0 Å². The van der Waals surface area contributed by atoms with Crippen molar-refractivity contribution in [3.8, 4) is 0 Å². The van der Waals surface area contributed by atoms with Crippen molar-refractivity contribution in [1.29, 1.82) is 5.41 Å². The minimum Gasteiger partial charge on any atom is -0.372 e. The highest BCUT2D eigenvalue weighted by molar-refractivity contribution is 5.83. The van der Waals surface area contributed by atoms with E-state index in [0.29, 0.717) is 24.9 Å². The van der Waals surface area contributed by atoms with Crippen LogP contribution in [0.15, 0.2) is 29.1 Å². The average Bonchev–Trinajstić information content (AvgIpc) is 3.07. The Bertz CT molecular complexity index is 848. The van der Waals surface area contributed by atoms with Crippen LogP contribution in [0.2, 0.25) is 0 Å². The molecule has 3 rings (SSSR count). The van der Waals surface area contributed by atoms with Crippen LogP contribution in [0.25, 0.3) is 0 Å². The smallest absolute Gasteiger partial charge is 0.263 e. The first-order valence-corrected chi connectivity index (χ1v) is 8.44. The maximum atomic E-state index is 13.3. The van der Waals surface area contributed by atoms with Crippen LogP contribution in [0.5, 0.6) is 0 Å². The standard InChI is InChI=1S/C18H23FN6O/c1-21-16-13(8-20)17(26)23-18(22-16)25-9-14(15(10-25)24(2)3)11-4-6-12(19)7-5-11/h4-8,14-15,20H,9-10H2,1-3H3,(H2,21,22,23,26). The Morgan fingerprint density at radius 3 is 2.62 bits per heavy atom. The van der Waals surface area contributed by atoms with Crippen LogP contribution < -0.4 is 15.8 Å². The average molecular weight is 358 g/mol. The summed E-state index contributed by atoms with van der Waals surface area (Å²) in [6, 6.07) is 6.78. The molecule has 3 N–H and O–H groups in total. The third-order valence-electron chi connectivity index (χ3n) is 4.87. The van der Waals surface area contributed by atoms with Gasteiger partial charge < -0.3 is 20.5 Å². The van der Waals surface area contributed by atoms with E-state index in [-0.39, 0.29) is 28.9 Å². The van der Waals surface area contributed by atoms with Gasteiger partial charge in [0.2, 0.25) is 5.95 Å². The molecule has 26 heavy (non-hydrogen) atoms. The molecule has 0 aliphatic carbocycles. The van der Waals surface area contributed by atoms with Crippen LogP contribution in [0.1, 0.15) is 17.0 Å². The summed E-state index contributed by atoms with van der Waals surface area (Å²) in [6.07, 6.45) is 0.995. The van der Waals surface area contributed by atoms with E-state index in [4.69, 9.17) is 5.41 Å². The molecule has 1 aromatic heterocycles. The Kier molecular flexibility index (Phi) is 5.03. The second-order valence-electron chi connectivity index (χ2n) is 6.64. The minimum atomic E-state index is -0.346. The van der Waals surface area contributed by atoms with Crippen molar-refractivity contribution in [2.24, 2.45) is 0 Å². The van der Waals surface area contributed by atoms with Crippen LogP contribution in [-0.2, 0) is 0 Å². The van der Waals surface area contributed by atoms with Crippen LogP contribution in [0.3, 0.4) is 0 Å². The second-order valence-corrected chi connectivity index (χ2v) is 6.64. The highest BCUT2D eigenvalue weighted by Crippen LogP contribution is 2.32. The van der Waals surface area contributed by atoms with Crippen LogP contribution >= 0.6 is 0 Å². The van der Waals surface area contributed by atoms with Gasteiger partial charge in [0.1, 0.15) is 11.6 Å². The number of nitrogens with zero attached hydrogens (tertiary/aromatic N) is 3. The molecular weight excluding hydrogens is 335 g/mol. The number of benzene rings is 1. The van der Waals surface area contributed by atoms with Gasteiger partial charge in [-0.25, -0.2) is 4.39 Å². The number of H-pyrrole nitrogens is 1. The number of halogens is 1. The molecule has 0 radical (unpaired) electrons. The topological polar surface area (TPSA) is 88.1 Å². The molecule has 2 aromatic rings.